The lowest BCUT2D eigenvalue weighted by molar-refractivity contribution is -0.115. The van der Waals surface area contributed by atoms with E-state index in [1.807, 2.05) is 5.38 Å². The maximum Gasteiger partial charge on any atom is 0.237 e. The van der Waals surface area contributed by atoms with E-state index >= 15 is 0 Å². The molecule has 1 atom stereocenters. The van der Waals surface area contributed by atoms with Gasteiger partial charge in [-0.25, -0.2) is 18.2 Å². The first kappa shape index (κ1) is 19.4. The number of nitrogens with one attached hydrogen (secondary N) is 1. The van der Waals surface area contributed by atoms with Crippen molar-refractivity contribution < 1.29 is 18.0 Å². The van der Waals surface area contributed by atoms with Crippen LogP contribution in [0.25, 0.3) is 10.6 Å². The highest BCUT2D eigenvalue weighted by Gasteiger charge is 2.15. The molecule has 1 aromatic heterocycles. The molecule has 2 aromatic carbocycles. The van der Waals surface area contributed by atoms with Crippen molar-refractivity contribution >= 4 is 34.7 Å². The third-order valence-electron chi connectivity index (χ3n) is 3.68. The third-order valence-corrected chi connectivity index (χ3v) is 5.80. The lowest BCUT2D eigenvalue weighted by Crippen LogP contribution is -2.22. The van der Waals surface area contributed by atoms with Crippen LogP contribution in [0.5, 0.6) is 0 Å². The molecule has 8 heteroatoms. The third kappa shape index (κ3) is 5.11. The summed E-state index contributed by atoms with van der Waals surface area (Å²) in [6.07, 6.45) is 0. The minimum absolute atomic E-state index is 0.207. The molecular weight excluding hydrogens is 393 g/mol. The molecule has 0 spiro atoms. The van der Waals surface area contributed by atoms with Crippen molar-refractivity contribution in [2.45, 2.75) is 17.9 Å². The Morgan fingerprint density at radius 1 is 1.15 bits per heavy atom. The number of benzene rings is 2. The minimum atomic E-state index is -1.01. The average Bonchev–Trinajstić information content (AvgIpc) is 3.12. The van der Waals surface area contributed by atoms with E-state index in [-0.39, 0.29) is 17.4 Å². The second-order valence-electron chi connectivity index (χ2n) is 5.72. The molecule has 0 radical (unpaired) electrons. The highest BCUT2D eigenvalue weighted by atomic mass is 32.2. The van der Waals surface area contributed by atoms with Gasteiger partial charge in [-0.05, 0) is 43.3 Å². The molecule has 0 fully saturated rings. The number of nitrogens with zero attached hydrogens (tertiary/aromatic N) is 1. The zero-order valence-corrected chi connectivity index (χ0v) is 15.8. The molecule has 1 heterocycles. The van der Waals surface area contributed by atoms with Gasteiger partial charge in [0, 0.05) is 28.5 Å². The summed E-state index contributed by atoms with van der Waals surface area (Å²) in [6.45, 7) is 1.73. The largest absolute Gasteiger partial charge is 0.325 e. The van der Waals surface area contributed by atoms with Crippen molar-refractivity contribution in [2.24, 2.45) is 0 Å². The molecule has 0 aliphatic heterocycles. The molecular formula is C19H15F3N2OS2. The SMILES string of the molecule is CC(SCc1csc(-c2ccc(F)cc2)n1)C(=O)Nc1ccc(F)c(F)c1. The van der Waals surface area contributed by atoms with Crippen LogP contribution in [0.15, 0.2) is 47.8 Å². The maximum atomic E-state index is 13.2. The van der Waals surface area contributed by atoms with Gasteiger partial charge in [0.25, 0.3) is 0 Å². The normalized spacial score (nSPS) is 12.0. The summed E-state index contributed by atoms with van der Waals surface area (Å²) in [5, 5.41) is 4.83. The van der Waals surface area contributed by atoms with E-state index in [1.54, 1.807) is 19.1 Å². The second-order valence-corrected chi connectivity index (χ2v) is 7.91. The van der Waals surface area contributed by atoms with Crippen LogP contribution in [-0.4, -0.2) is 16.1 Å². The van der Waals surface area contributed by atoms with Gasteiger partial charge in [0.1, 0.15) is 10.8 Å². The van der Waals surface area contributed by atoms with E-state index in [4.69, 9.17) is 0 Å². The number of rotatable bonds is 6. The highest BCUT2D eigenvalue weighted by molar-refractivity contribution is 7.99. The number of hydrogen-bond donors (Lipinski definition) is 1. The van der Waals surface area contributed by atoms with Gasteiger partial charge < -0.3 is 5.32 Å². The molecule has 1 N–H and O–H groups in total. The van der Waals surface area contributed by atoms with Gasteiger partial charge in [-0.2, -0.15) is 0 Å². The van der Waals surface area contributed by atoms with Gasteiger partial charge in [0.15, 0.2) is 11.6 Å². The monoisotopic (exact) mass is 408 g/mol. The fourth-order valence-corrected chi connectivity index (χ4v) is 3.91. The molecule has 0 aliphatic carbocycles. The van der Waals surface area contributed by atoms with Gasteiger partial charge >= 0.3 is 0 Å². The van der Waals surface area contributed by atoms with Gasteiger partial charge in [-0.1, -0.05) is 0 Å². The van der Waals surface area contributed by atoms with E-state index < -0.39 is 16.9 Å². The number of thiazole rings is 1. The standard InChI is InChI=1S/C19H15F3N2OS2/c1-11(18(25)23-14-6-7-16(21)17(22)8-14)26-9-15-10-27-19(24-15)12-2-4-13(20)5-3-12/h2-8,10-11H,9H2,1H3,(H,23,25). The molecule has 0 aliphatic rings. The summed E-state index contributed by atoms with van der Waals surface area (Å²) in [6, 6.07) is 9.33. The number of hydrogen-bond acceptors (Lipinski definition) is 4. The molecule has 3 aromatic rings. The van der Waals surface area contributed by atoms with E-state index in [2.05, 4.69) is 10.3 Å². The number of anilines is 1. The molecule has 1 unspecified atom stereocenters. The van der Waals surface area contributed by atoms with Crippen LogP contribution in [0.1, 0.15) is 12.6 Å². The number of carbonyl (C=O) groups is 1. The molecule has 0 saturated heterocycles. The Kier molecular flexibility index (Phi) is 6.18. The quantitative estimate of drug-likeness (QED) is 0.587. The van der Waals surface area contributed by atoms with Crippen molar-refractivity contribution in [1.82, 2.24) is 4.98 Å². The predicted octanol–water partition coefficient (Wildman–Crippen LogP) is 5.49. The zero-order chi connectivity index (χ0) is 19.4. The van der Waals surface area contributed by atoms with Crippen LogP contribution in [0.3, 0.4) is 0 Å². The molecule has 3 rings (SSSR count). The first-order chi connectivity index (χ1) is 12.9. The Morgan fingerprint density at radius 3 is 2.59 bits per heavy atom. The van der Waals surface area contributed by atoms with Gasteiger partial charge in [-0.15, -0.1) is 23.1 Å². The van der Waals surface area contributed by atoms with Crippen molar-refractivity contribution in [3.8, 4) is 10.6 Å². The molecule has 3 nitrogen and oxygen atoms in total. The Balaban J connectivity index is 1.55. The number of amides is 1. The summed E-state index contributed by atoms with van der Waals surface area (Å²) in [5.41, 5.74) is 1.86. The zero-order valence-electron chi connectivity index (χ0n) is 14.2. The smallest absolute Gasteiger partial charge is 0.237 e. The Morgan fingerprint density at radius 2 is 1.89 bits per heavy atom. The van der Waals surface area contributed by atoms with Crippen LogP contribution in [0.2, 0.25) is 0 Å². The second kappa shape index (κ2) is 8.58. The van der Waals surface area contributed by atoms with Gasteiger partial charge in [-0.3, -0.25) is 4.79 Å². The Hall–Kier alpha value is -2.32. The van der Waals surface area contributed by atoms with E-state index in [9.17, 15) is 18.0 Å². The fourth-order valence-electron chi connectivity index (χ4n) is 2.20. The molecule has 1 amide bonds. The van der Waals surface area contributed by atoms with Crippen LogP contribution >= 0.6 is 23.1 Å². The lowest BCUT2D eigenvalue weighted by atomic mass is 10.2. The summed E-state index contributed by atoms with van der Waals surface area (Å²) in [7, 11) is 0. The molecule has 0 saturated carbocycles. The molecule has 0 bridgehead atoms. The number of thioether (sulfide) groups is 1. The summed E-state index contributed by atoms with van der Waals surface area (Å²) >= 11 is 2.83. The number of aromatic nitrogens is 1. The first-order valence-corrected chi connectivity index (χ1v) is 9.93. The Bertz CT molecular complexity index is 944. The van der Waals surface area contributed by atoms with Gasteiger partial charge in [0.05, 0.1) is 10.9 Å². The fraction of sp³-hybridized carbons (Fsp3) is 0.158. The van der Waals surface area contributed by atoms with Crippen LogP contribution < -0.4 is 5.32 Å². The first-order valence-electron chi connectivity index (χ1n) is 8.00. The van der Waals surface area contributed by atoms with Crippen molar-refractivity contribution in [3.05, 3.63) is 71.0 Å². The van der Waals surface area contributed by atoms with Gasteiger partial charge in [0.2, 0.25) is 5.91 Å². The number of carbonyl (C=O) groups excluding carboxylic acids is 1. The van der Waals surface area contributed by atoms with E-state index in [0.29, 0.717) is 5.75 Å². The predicted molar refractivity (Wildman–Crippen MR) is 103 cm³/mol. The maximum absolute atomic E-state index is 13.2. The summed E-state index contributed by atoms with van der Waals surface area (Å²) < 4.78 is 39.1. The van der Waals surface area contributed by atoms with E-state index in [0.717, 1.165) is 28.4 Å². The number of halogens is 3. The molecule has 27 heavy (non-hydrogen) atoms. The van der Waals surface area contributed by atoms with Crippen LogP contribution in [-0.2, 0) is 10.5 Å². The summed E-state index contributed by atoms with van der Waals surface area (Å²) in [4.78, 5) is 16.7. The average molecular weight is 408 g/mol. The van der Waals surface area contributed by atoms with Crippen molar-refractivity contribution in [2.75, 3.05) is 5.32 Å². The van der Waals surface area contributed by atoms with Crippen LogP contribution in [0, 0.1) is 17.5 Å². The van der Waals surface area contributed by atoms with Crippen LogP contribution in [0.4, 0.5) is 18.9 Å². The Labute approximate surface area is 162 Å². The highest BCUT2D eigenvalue weighted by Crippen LogP contribution is 2.27. The van der Waals surface area contributed by atoms with Crippen molar-refractivity contribution in [1.29, 1.82) is 0 Å². The van der Waals surface area contributed by atoms with E-state index in [1.165, 1.54) is 41.3 Å². The van der Waals surface area contributed by atoms with Crippen molar-refractivity contribution in [3.63, 3.8) is 0 Å². The summed E-state index contributed by atoms with van der Waals surface area (Å²) in [5.74, 6) is -2.06. The lowest BCUT2D eigenvalue weighted by Gasteiger charge is -2.11. The topological polar surface area (TPSA) is 42.0 Å². The molecule has 140 valence electrons. The minimum Gasteiger partial charge on any atom is -0.325 e.